The molecule has 0 fully saturated rings. The highest BCUT2D eigenvalue weighted by Crippen LogP contribution is 2.37. The number of carbonyl (C=O) groups excluding carboxylic acids is 1. The zero-order chi connectivity index (χ0) is 14.6. The van der Waals surface area contributed by atoms with Crippen molar-refractivity contribution in [2.24, 2.45) is 5.92 Å². The number of hydrogen-bond acceptors (Lipinski definition) is 3. The minimum atomic E-state index is -1.41. The van der Waals surface area contributed by atoms with E-state index in [2.05, 4.69) is 0 Å². The lowest BCUT2D eigenvalue weighted by Crippen LogP contribution is -2.39. The summed E-state index contributed by atoms with van der Waals surface area (Å²) in [5.41, 5.74) is -0.0662. The van der Waals surface area contributed by atoms with E-state index >= 15 is 0 Å². The van der Waals surface area contributed by atoms with E-state index in [0.717, 1.165) is 0 Å². The first-order valence-electron chi connectivity index (χ1n) is 6.52. The summed E-state index contributed by atoms with van der Waals surface area (Å²) >= 11 is 0. The second kappa shape index (κ2) is 5.88. The molecule has 3 heteroatoms. The molecule has 0 saturated carbocycles. The van der Waals surface area contributed by atoms with E-state index in [1.54, 1.807) is 6.92 Å². The van der Waals surface area contributed by atoms with Gasteiger partial charge in [-0.25, -0.2) is 0 Å². The maximum absolute atomic E-state index is 11.9. The summed E-state index contributed by atoms with van der Waals surface area (Å²) in [5, 5.41) is 11.2. The molecule has 3 nitrogen and oxygen atoms in total. The monoisotopic (exact) mass is 270 g/mol. The van der Waals surface area contributed by atoms with Gasteiger partial charge in [-0.3, -0.25) is 4.79 Å². The van der Waals surface area contributed by atoms with Crippen LogP contribution in [0.3, 0.4) is 0 Å². The first-order valence-corrected chi connectivity index (χ1v) is 6.52. The van der Waals surface area contributed by atoms with Crippen molar-refractivity contribution in [1.29, 1.82) is 0 Å². The number of benzene rings is 2. The number of aliphatic hydroxyl groups is 1. The van der Waals surface area contributed by atoms with Crippen LogP contribution in [-0.2, 0) is 15.1 Å². The van der Waals surface area contributed by atoms with Gasteiger partial charge in [-0.05, 0) is 18.1 Å². The molecule has 0 amide bonds. The maximum atomic E-state index is 11.9. The normalized spacial score (nSPS) is 12.8. The minimum Gasteiger partial charge on any atom is -0.469 e. The van der Waals surface area contributed by atoms with Crippen molar-refractivity contribution >= 4 is 5.97 Å². The Balaban J connectivity index is 2.58. The van der Waals surface area contributed by atoms with Crippen molar-refractivity contribution in [3.8, 4) is 0 Å². The standard InChI is InChI=1S/C17H18O3/c1-13(16(18)20-2)17(19,14-9-5-3-6-10-14)15-11-7-4-8-12-15/h3-13,19H,1-2H3. The maximum Gasteiger partial charge on any atom is 0.312 e. The number of rotatable bonds is 4. The Bertz CT molecular complexity index is 524. The van der Waals surface area contributed by atoms with Gasteiger partial charge < -0.3 is 9.84 Å². The van der Waals surface area contributed by atoms with Crippen molar-refractivity contribution < 1.29 is 14.6 Å². The van der Waals surface area contributed by atoms with Crippen LogP contribution in [0.25, 0.3) is 0 Å². The van der Waals surface area contributed by atoms with E-state index < -0.39 is 17.5 Å². The van der Waals surface area contributed by atoms with Crippen LogP contribution in [0.4, 0.5) is 0 Å². The van der Waals surface area contributed by atoms with Gasteiger partial charge >= 0.3 is 5.97 Å². The Hall–Kier alpha value is -2.13. The van der Waals surface area contributed by atoms with Crippen molar-refractivity contribution in [2.45, 2.75) is 12.5 Å². The van der Waals surface area contributed by atoms with Gasteiger partial charge in [0, 0.05) is 0 Å². The summed E-state index contributed by atoms with van der Waals surface area (Å²) in [7, 11) is 1.33. The van der Waals surface area contributed by atoms with Gasteiger partial charge in [0.05, 0.1) is 13.0 Å². The average Bonchev–Trinajstić information content (AvgIpc) is 2.54. The van der Waals surface area contributed by atoms with Gasteiger partial charge in [-0.15, -0.1) is 0 Å². The molecule has 0 aliphatic heterocycles. The summed E-state index contributed by atoms with van der Waals surface area (Å²) in [4.78, 5) is 11.9. The highest BCUT2D eigenvalue weighted by Gasteiger charge is 2.42. The van der Waals surface area contributed by atoms with Crippen LogP contribution < -0.4 is 0 Å². The Morgan fingerprint density at radius 1 is 1.00 bits per heavy atom. The Morgan fingerprint density at radius 3 is 1.75 bits per heavy atom. The lowest BCUT2D eigenvalue weighted by atomic mass is 9.77. The van der Waals surface area contributed by atoms with Crippen molar-refractivity contribution in [1.82, 2.24) is 0 Å². The van der Waals surface area contributed by atoms with E-state index in [1.807, 2.05) is 60.7 Å². The van der Waals surface area contributed by atoms with Crippen LogP contribution in [0.15, 0.2) is 60.7 Å². The third-order valence-corrected chi connectivity index (χ3v) is 3.61. The quantitative estimate of drug-likeness (QED) is 0.869. The number of hydrogen-bond donors (Lipinski definition) is 1. The highest BCUT2D eigenvalue weighted by molar-refractivity contribution is 5.74. The van der Waals surface area contributed by atoms with Gasteiger partial charge in [0.25, 0.3) is 0 Å². The van der Waals surface area contributed by atoms with Crippen LogP contribution in [0, 0.1) is 5.92 Å². The molecular formula is C17H18O3. The van der Waals surface area contributed by atoms with Gasteiger partial charge in [0.1, 0.15) is 5.60 Å². The topological polar surface area (TPSA) is 46.5 Å². The Labute approximate surface area is 118 Å². The summed E-state index contributed by atoms with van der Waals surface area (Å²) in [5.74, 6) is -1.16. The van der Waals surface area contributed by atoms with Crippen LogP contribution in [-0.4, -0.2) is 18.2 Å². The number of esters is 1. The smallest absolute Gasteiger partial charge is 0.312 e. The van der Waals surface area contributed by atoms with Crippen molar-refractivity contribution in [3.05, 3.63) is 71.8 Å². The fourth-order valence-corrected chi connectivity index (χ4v) is 2.40. The first-order chi connectivity index (χ1) is 9.60. The number of carbonyl (C=O) groups is 1. The summed E-state index contributed by atoms with van der Waals surface area (Å²) in [6, 6.07) is 18.4. The van der Waals surface area contributed by atoms with E-state index in [4.69, 9.17) is 4.74 Å². The third-order valence-electron chi connectivity index (χ3n) is 3.61. The zero-order valence-corrected chi connectivity index (χ0v) is 11.6. The highest BCUT2D eigenvalue weighted by atomic mass is 16.5. The average molecular weight is 270 g/mol. The van der Waals surface area contributed by atoms with Gasteiger partial charge in [0.15, 0.2) is 0 Å². The summed E-state index contributed by atoms with van der Waals surface area (Å²) in [6.45, 7) is 1.67. The fraction of sp³-hybridized carbons (Fsp3) is 0.235. The number of ether oxygens (including phenoxy) is 1. The Kier molecular flexibility index (Phi) is 4.20. The van der Waals surface area contributed by atoms with Crippen LogP contribution in [0.2, 0.25) is 0 Å². The fourth-order valence-electron chi connectivity index (χ4n) is 2.40. The molecule has 1 unspecified atom stereocenters. The first kappa shape index (κ1) is 14.3. The molecule has 1 atom stereocenters. The van der Waals surface area contributed by atoms with Gasteiger partial charge in [-0.1, -0.05) is 60.7 Å². The molecule has 1 N–H and O–H groups in total. The molecule has 0 aromatic heterocycles. The zero-order valence-electron chi connectivity index (χ0n) is 11.6. The molecule has 2 aromatic rings. The van der Waals surface area contributed by atoms with Crippen LogP contribution in [0.5, 0.6) is 0 Å². The molecule has 0 saturated heterocycles. The van der Waals surface area contributed by atoms with Crippen molar-refractivity contribution in [2.75, 3.05) is 7.11 Å². The van der Waals surface area contributed by atoms with Gasteiger partial charge in [0.2, 0.25) is 0 Å². The molecule has 2 rings (SSSR count). The predicted molar refractivity (Wildman–Crippen MR) is 77.1 cm³/mol. The lowest BCUT2D eigenvalue weighted by Gasteiger charge is -2.33. The second-order valence-electron chi connectivity index (χ2n) is 4.74. The molecule has 0 spiro atoms. The molecule has 104 valence electrons. The molecule has 0 aliphatic rings. The minimum absolute atomic E-state index is 0.444. The molecule has 2 aromatic carbocycles. The largest absolute Gasteiger partial charge is 0.469 e. The molecular weight excluding hydrogens is 252 g/mol. The van der Waals surface area contributed by atoms with Crippen LogP contribution >= 0.6 is 0 Å². The van der Waals surface area contributed by atoms with Gasteiger partial charge in [-0.2, -0.15) is 0 Å². The molecule has 0 heterocycles. The van der Waals surface area contributed by atoms with E-state index in [-0.39, 0.29) is 0 Å². The van der Waals surface area contributed by atoms with E-state index in [1.165, 1.54) is 7.11 Å². The molecule has 20 heavy (non-hydrogen) atoms. The SMILES string of the molecule is COC(=O)C(C)C(O)(c1ccccc1)c1ccccc1. The van der Waals surface area contributed by atoms with E-state index in [0.29, 0.717) is 11.1 Å². The summed E-state index contributed by atoms with van der Waals surface area (Å²) in [6.07, 6.45) is 0. The molecule has 0 bridgehead atoms. The predicted octanol–water partition coefficient (Wildman–Crippen LogP) is 2.73. The summed E-state index contributed by atoms with van der Waals surface area (Å²) < 4.78 is 4.80. The number of methoxy groups -OCH3 is 1. The van der Waals surface area contributed by atoms with Crippen molar-refractivity contribution in [3.63, 3.8) is 0 Å². The van der Waals surface area contributed by atoms with Crippen LogP contribution in [0.1, 0.15) is 18.1 Å². The lowest BCUT2D eigenvalue weighted by molar-refractivity contribution is -0.152. The third kappa shape index (κ3) is 2.45. The molecule has 0 aliphatic carbocycles. The Morgan fingerprint density at radius 2 is 1.40 bits per heavy atom. The molecule has 0 radical (unpaired) electrons. The van der Waals surface area contributed by atoms with E-state index in [9.17, 15) is 9.90 Å². The second-order valence-corrected chi connectivity index (χ2v) is 4.74.